The van der Waals surface area contributed by atoms with E-state index in [0.29, 0.717) is 47.1 Å². The Balaban J connectivity index is 1.54. The molecule has 1 atom stereocenters. The minimum absolute atomic E-state index is 0.0233. The molecule has 5 rings (SSSR count). The van der Waals surface area contributed by atoms with E-state index in [1.165, 1.54) is 20.0 Å². The summed E-state index contributed by atoms with van der Waals surface area (Å²) < 4.78 is 14.1. The molecule has 204 valence electrons. The molecular weight excluding hydrogens is 497 g/mol. The number of pyridine rings is 1. The fraction of sp³-hybridized carbons (Fsp3) is 0.400. The highest BCUT2D eigenvalue weighted by atomic mass is 19.1. The number of ketones is 1. The van der Waals surface area contributed by atoms with Crippen molar-refractivity contribution in [3.05, 3.63) is 59.9 Å². The summed E-state index contributed by atoms with van der Waals surface area (Å²) in [5.74, 6) is -0.199. The lowest BCUT2D eigenvalue weighted by Gasteiger charge is -2.35. The Morgan fingerprint density at radius 2 is 1.90 bits per heavy atom. The van der Waals surface area contributed by atoms with Crippen LogP contribution < -0.4 is 10.6 Å². The molecule has 1 saturated carbocycles. The summed E-state index contributed by atoms with van der Waals surface area (Å²) in [7, 11) is 1.82. The molecule has 1 aromatic carbocycles. The SMILES string of the molecule is CN(CC1CC1)C(=O)C1(C)CC(=O)c2c([nH]c(-c3ccnc(NC(=O)C(C)(C)F)c3)c2Nc2ccccc2)C1. The van der Waals surface area contributed by atoms with Crippen LogP contribution in [-0.4, -0.2) is 51.7 Å². The quantitative estimate of drug-likeness (QED) is 0.355. The van der Waals surface area contributed by atoms with E-state index in [9.17, 15) is 18.8 Å². The van der Waals surface area contributed by atoms with E-state index in [-0.39, 0.29) is 23.9 Å². The van der Waals surface area contributed by atoms with Gasteiger partial charge in [-0.15, -0.1) is 0 Å². The van der Waals surface area contributed by atoms with Gasteiger partial charge in [0.15, 0.2) is 11.5 Å². The molecule has 3 aromatic rings. The van der Waals surface area contributed by atoms with Crippen molar-refractivity contribution in [1.29, 1.82) is 0 Å². The molecule has 1 unspecified atom stereocenters. The first-order valence-electron chi connectivity index (χ1n) is 13.3. The van der Waals surface area contributed by atoms with Crippen LogP contribution in [0.25, 0.3) is 11.3 Å². The van der Waals surface area contributed by atoms with E-state index in [1.54, 1.807) is 17.0 Å². The van der Waals surface area contributed by atoms with E-state index < -0.39 is 17.0 Å². The van der Waals surface area contributed by atoms with Crippen LogP contribution in [0.15, 0.2) is 48.7 Å². The highest BCUT2D eigenvalue weighted by Crippen LogP contribution is 2.44. The first-order chi connectivity index (χ1) is 18.4. The molecule has 0 aliphatic heterocycles. The van der Waals surface area contributed by atoms with Crippen LogP contribution in [0.5, 0.6) is 0 Å². The van der Waals surface area contributed by atoms with Gasteiger partial charge in [0.1, 0.15) is 5.82 Å². The summed E-state index contributed by atoms with van der Waals surface area (Å²) in [6.07, 6.45) is 4.30. The fourth-order valence-electron chi connectivity index (χ4n) is 5.20. The maximum atomic E-state index is 14.1. The molecule has 2 aliphatic carbocycles. The van der Waals surface area contributed by atoms with Crippen LogP contribution in [0.1, 0.15) is 56.1 Å². The number of amides is 2. The topological polar surface area (TPSA) is 107 Å². The minimum atomic E-state index is -2.07. The molecule has 2 aliphatic rings. The monoisotopic (exact) mass is 531 g/mol. The highest BCUT2D eigenvalue weighted by molar-refractivity contribution is 6.10. The molecule has 2 amide bonds. The number of nitrogens with one attached hydrogen (secondary N) is 3. The van der Waals surface area contributed by atoms with Gasteiger partial charge in [0.2, 0.25) is 5.91 Å². The predicted molar refractivity (Wildman–Crippen MR) is 149 cm³/mol. The van der Waals surface area contributed by atoms with Gasteiger partial charge in [-0.3, -0.25) is 14.4 Å². The fourth-order valence-corrected chi connectivity index (χ4v) is 5.20. The van der Waals surface area contributed by atoms with Crippen LogP contribution >= 0.6 is 0 Å². The van der Waals surface area contributed by atoms with Gasteiger partial charge in [-0.2, -0.15) is 0 Å². The number of aromatic amines is 1. The van der Waals surface area contributed by atoms with Crippen molar-refractivity contribution in [2.24, 2.45) is 11.3 Å². The number of benzene rings is 1. The largest absolute Gasteiger partial charge is 0.356 e. The Kier molecular flexibility index (Phi) is 6.78. The summed E-state index contributed by atoms with van der Waals surface area (Å²) in [6.45, 7) is 4.94. The Bertz CT molecular complexity index is 1420. The zero-order valence-electron chi connectivity index (χ0n) is 22.7. The second-order valence-electron chi connectivity index (χ2n) is 11.5. The number of nitrogens with zero attached hydrogens (tertiary/aromatic N) is 2. The summed E-state index contributed by atoms with van der Waals surface area (Å²) in [5.41, 5.74) is 0.941. The number of fused-ring (bicyclic) bond motifs is 1. The standard InChI is InChI=1S/C30H34FN5O3/c1-29(2,31)27(38)35-23-14-19(12-13-32-23)25-26(33-20-8-6-5-7-9-20)24-21(34-25)15-30(3,16-22(24)37)28(39)36(4)17-18-10-11-18/h5-9,12-14,18,33-34H,10-11,15-17H2,1-4H3,(H,32,35,38). The van der Waals surface area contributed by atoms with Gasteiger partial charge in [0.05, 0.1) is 22.4 Å². The van der Waals surface area contributed by atoms with Crippen molar-refractivity contribution >= 4 is 34.8 Å². The van der Waals surface area contributed by atoms with Crippen molar-refractivity contribution < 1.29 is 18.8 Å². The molecular formula is C30H34FN5O3. The lowest BCUT2D eigenvalue weighted by atomic mass is 9.73. The van der Waals surface area contributed by atoms with Crippen LogP contribution in [-0.2, 0) is 16.0 Å². The third kappa shape index (κ3) is 5.57. The molecule has 1 fully saturated rings. The Morgan fingerprint density at radius 3 is 2.56 bits per heavy atom. The van der Waals surface area contributed by atoms with Crippen LogP contribution in [0.2, 0.25) is 0 Å². The lowest BCUT2D eigenvalue weighted by Crippen LogP contribution is -2.45. The van der Waals surface area contributed by atoms with E-state index >= 15 is 0 Å². The van der Waals surface area contributed by atoms with E-state index in [0.717, 1.165) is 18.5 Å². The summed E-state index contributed by atoms with van der Waals surface area (Å²) in [4.78, 5) is 48.8. The zero-order valence-corrected chi connectivity index (χ0v) is 22.7. The Morgan fingerprint density at radius 1 is 1.18 bits per heavy atom. The molecule has 8 nitrogen and oxygen atoms in total. The van der Waals surface area contributed by atoms with Crippen LogP contribution in [0.4, 0.5) is 21.6 Å². The average molecular weight is 532 g/mol. The van der Waals surface area contributed by atoms with Gasteiger partial charge in [-0.05, 0) is 63.8 Å². The van der Waals surface area contributed by atoms with Gasteiger partial charge in [0, 0.05) is 49.6 Å². The number of H-pyrrole nitrogens is 1. The number of Topliss-reactive ketones (excluding diaryl/α,β-unsaturated/α-hetero) is 1. The molecule has 9 heteroatoms. The number of halogens is 1. The maximum Gasteiger partial charge on any atom is 0.262 e. The highest BCUT2D eigenvalue weighted by Gasteiger charge is 2.45. The van der Waals surface area contributed by atoms with Crippen molar-refractivity contribution in [3.8, 4) is 11.3 Å². The third-order valence-electron chi connectivity index (χ3n) is 7.44. The predicted octanol–water partition coefficient (Wildman–Crippen LogP) is 5.51. The van der Waals surface area contributed by atoms with E-state index in [1.807, 2.05) is 44.3 Å². The molecule has 2 heterocycles. The first kappa shape index (κ1) is 26.6. The molecule has 0 saturated heterocycles. The first-order valence-corrected chi connectivity index (χ1v) is 13.3. The van der Waals surface area contributed by atoms with Crippen molar-refractivity contribution in [2.75, 3.05) is 24.2 Å². The molecule has 0 spiro atoms. The van der Waals surface area contributed by atoms with Gasteiger partial charge < -0.3 is 20.5 Å². The van der Waals surface area contributed by atoms with E-state index in [4.69, 9.17) is 0 Å². The van der Waals surface area contributed by atoms with E-state index in [2.05, 4.69) is 20.6 Å². The number of para-hydroxylation sites is 1. The third-order valence-corrected chi connectivity index (χ3v) is 7.44. The summed E-state index contributed by atoms with van der Waals surface area (Å²) >= 11 is 0. The summed E-state index contributed by atoms with van der Waals surface area (Å²) in [6, 6.07) is 12.9. The molecule has 2 aromatic heterocycles. The van der Waals surface area contributed by atoms with Crippen LogP contribution in [0, 0.1) is 11.3 Å². The van der Waals surface area contributed by atoms with Gasteiger partial charge in [-0.1, -0.05) is 18.2 Å². The molecule has 0 bridgehead atoms. The molecule has 3 N–H and O–H groups in total. The zero-order chi connectivity index (χ0) is 27.9. The second-order valence-corrected chi connectivity index (χ2v) is 11.5. The minimum Gasteiger partial charge on any atom is -0.356 e. The Labute approximate surface area is 227 Å². The van der Waals surface area contributed by atoms with Gasteiger partial charge in [0.25, 0.3) is 5.91 Å². The molecule has 39 heavy (non-hydrogen) atoms. The Hall–Kier alpha value is -4.01. The normalized spacial score (nSPS) is 18.8. The van der Waals surface area contributed by atoms with Crippen LogP contribution in [0.3, 0.4) is 0 Å². The lowest BCUT2D eigenvalue weighted by molar-refractivity contribution is -0.140. The summed E-state index contributed by atoms with van der Waals surface area (Å²) in [5, 5.41) is 5.91. The van der Waals surface area contributed by atoms with Crippen molar-refractivity contribution in [1.82, 2.24) is 14.9 Å². The number of carbonyl (C=O) groups is 3. The smallest absolute Gasteiger partial charge is 0.262 e. The number of aromatic nitrogens is 2. The number of hydrogen-bond acceptors (Lipinski definition) is 5. The van der Waals surface area contributed by atoms with Gasteiger partial charge in [-0.25, -0.2) is 9.37 Å². The van der Waals surface area contributed by atoms with Gasteiger partial charge >= 0.3 is 0 Å². The second kappa shape index (κ2) is 9.94. The number of rotatable bonds is 8. The maximum absolute atomic E-state index is 14.1. The van der Waals surface area contributed by atoms with Crippen molar-refractivity contribution in [2.45, 2.75) is 52.1 Å². The average Bonchev–Trinajstić information content (AvgIpc) is 3.62. The number of anilines is 3. The number of alkyl halides is 1. The molecule has 0 radical (unpaired) electrons. The number of carbonyl (C=O) groups excluding carboxylic acids is 3. The van der Waals surface area contributed by atoms with Crippen molar-refractivity contribution in [3.63, 3.8) is 0 Å². The number of hydrogen-bond donors (Lipinski definition) is 3.